The minimum atomic E-state index is -5.08. The van der Waals surface area contributed by atoms with Gasteiger partial charge < -0.3 is 10.4 Å². The number of alkyl halides is 3. The van der Waals surface area contributed by atoms with Crippen molar-refractivity contribution in [3.63, 3.8) is 0 Å². The Bertz CT molecular complexity index is 1530. The van der Waals surface area contributed by atoms with E-state index in [0.717, 1.165) is 40.0 Å². The van der Waals surface area contributed by atoms with Crippen LogP contribution in [0.4, 0.5) is 24.8 Å². The highest BCUT2D eigenvalue weighted by atomic mass is 19.4. The Labute approximate surface area is 213 Å². The average Bonchev–Trinajstić information content (AvgIpc) is 3.54. The van der Waals surface area contributed by atoms with Gasteiger partial charge in [-0.15, -0.1) is 5.10 Å². The molecule has 0 aliphatic heterocycles. The number of nitrogens with zero attached hydrogens (tertiary/aromatic N) is 8. The molecule has 0 atom stereocenters. The Morgan fingerprint density at radius 3 is 2.32 bits per heavy atom. The van der Waals surface area contributed by atoms with Crippen LogP contribution < -0.4 is 5.32 Å². The molecule has 38 heavy (non-hydrogen) atoms. The first-order valence-electron chi connectivity index (χ1n) is 11.0. The lowest BCUT2D eigenvalue weighted by Gasteiger charge is -2.09. The van der Waals surface area contributed by atoms with E-state index in [2.05, 4.69) is 35.7 Å². The molecule has 3 heterocycles. The molecule has 0 saturated carbocycles. The van der Waals surface area contributed by atoms with Crippen molar-refractivity contribution < 1.29 is 23.1 Å². The molecule has 14 heteroatoms. The SMILES string of the molecule is Cc1nc(C)n(-c2ccc(Nc3nccc(-c4cccc(-n5ccnn5)c4)n3)cc2)n1.O=C(O)C(F)(F)F. The Morgan fingerprint density at radius 1 is 0.974 bits per heavy atom. The number of aliphatic carboxylic acids is 1. The van der Waals surface area contributed by atoms with Crippen molar-refractivity contribution in [3.05, 3.63) is 84.8 Å². The molecular formula is C24H20F3N9O2. The van der Waals surface area contributed by atoms with Crippen LogP contribution in [0.2, 0.25) is 0 Å². The van der Waals surface area contributed by atoms with Crippen molar-refractivity contribution in [3.8, 4) is 22.6 Å². The first-order valence-corrected chi connectivity index (χ1v) is 11.0. The molecular weight excluding hydrogens is 503 g/mol. The average molecular weight is 523 g/mol. The number of hydrogen-bond acceptors (Lipinski definition) is 8. The minimum Gasteiger partial charge on any atom is -0.475 e. The predicted molar refractivity (Wildman–Crippen MR) is 130 cm³/mol. The van der Waals surface area contributed by atoms with Gasteiger partial charge in [0, 0.05) is 17.4 Å². The van der Waals surface area contributed by atoms with E-state index in [1.165, 1.54) is 0 Å². The second-order valence-corrected chi connectivity index (χ2v) is 7.76. The quantitative estimate of drug-likeness (QED) is 0.345. The van der Waals surface area contributed by atoms with Crippen LogP contribution in [0.5, 0.6) is 0 Å². The summed E-state index contributed by atoms with van der Waals surface area (Å²) in [6.07, 6.45) is 0.108. The predicted octanol–water partition coefficient (Wildman–Crippen LogP) is 4.30. The maximum absolute atomic E-state index is 10.6. The van der Waals surface area contributed by atoms with Crippen molar-refractivity contribution in [2.45, 2.75) is 20.0 Å². The summed E-state index contributed by atoms with van der Waals surface area (Å²) in [6.45, 7) is 3.81. The monoisotopic (exact) mass is 523 g/mol. The van der Waals surface area contributed by atoms with Crippen molar-refractivity contribution in [2.24, 2.45) is 0 Å². The highest BCUT2D eigenvalue weighted by Crippen LogP contribution is 2.22. The highest BCUT2D eigenvalue weighted by Gasteiger charge is 2.38. The van der Waals surface area contributed by atoms with Gasteiger partial charge in [0.15, 0.2) is 0 Å². The molecule has 0 spiro atoms. The van der Waals surface area contributed by atoms with Crippen LogP contribution in [-0.2, 0) is 4.79 Å². The Hall–Kier alpha value is -5.14. The summed E-state index contributed by atoms with van der Waals surface area (Å²) in [4.78, 5) is 22.3. The number of carbonyl (C=O) groups is 1. The molecule has 11 nitrogen and oxygen atoms in total. The van der Waals surface area contributed by atoms with Crippen LogP contribution in [0.25, 0.3) is 22.6 Å². The molecule has 2 N–H and O–H groups in total. The van der Waals surface area contributed by atoms with E-state index in [9.17, 15) is 13.2 Å². The molecule has 5 aromatic rings. The van der Waals surface area contributed by atoms with E-state index in [-0.39, 0.29) is 0 Å². The number of hydrogen-bond donors (Lipinski definition) is 2. The zero-order chi connectivity index (χ0) is 27.3. The summed E-state index contributed by atoms with van der Waals surface area (Å²) in [6, 6.07) is 17.7. The van der Waals surface area contributed by atoms with E-state index in [4.69, 9.17) is 9.90 Å². The highest BCUT2D eigenvalue weighted by molar-refractivity contribution is 5.73. The van der Waals surface area contributed by atoms with Gasteiger partial charge in [0.2, 0.25) is 5.95 Å². The lowest BCUT2D eigenvalue weighted by Crippen LogP contribution is -2.21. The van der Waals surface area contributed by atoms with Crippen LogP contribution in [0.1, 0.15) is 11.6 Å². The summed E-state index contributed by atoms with van der Waals surface area (Å²) in [5.41, 5.74) is 4.52. The van der Waals surface area contributed by atoms with Gasteiger partial charge in [-0.05, 0) is 56.3 Å². The topological polar surface area (TPSA) is 137 Å². The van der Waals surface area contributed by atoms with E-state index in [1.807, 2.05) is 73.1 Å². The lowest BCUT2D eigenvalue weighted by atomic mass is 10.1. The molecule has 0 unspecified atom stereocenters. The lowest BCUT2D eigenvalue weighted by molar-refractivity contribution is -0.192. The molecule has 0 aliphatic carbocycles. The summed E-state index contributed by atoms with van der Waals surface area (Å²) in [5.74, 6) is -0.642. The van der Waals surface area contributed by atoms with Gasteiger partial charge in [-0.1, -0.05) is 17.3 Å². The number of anilines is 2. The number of aromatic nitrogens is 8. The third-order valence-corrected chi connectivity index (χ3v) is 4.97. The fraction of sp³-hybridized carbons (Fsp3) is 0.125. The molecule has 0 bridgehead atoms. The summed E-state index contributed by atoms with van der Waals surface area (Å²) in [5, 5.41) is 22.7. The van der Waals surface area contributed by atoms with Gasteiger partial charge in [-0.3, -0.25) is 0 Å². The number of halogens is 3. The molecule has 2 aromatic carbocycles. The Balaban J connectivity index is 0.000000426. The number of aryl methyl sites for hydroxylation is 2. The van der Waals surface area contributed by atoms with Crippen LogP contribution in [0, 0.1) is 13.8 Å². The van der Waals surface area contributed by atoms with Crippen LogP contribution in [0.3, 0.4) is 0 Å². The number of benzene rings is 2. The fourth-order valence-electron chi connectivity index (χ4n) is 3.31. The van der Waals surface area contributed by atoms with Gasteiger partial charge in [-0.2, -0.15) is 18.3 Å². The molecule has 0 radical (unpaired) electrons. The second kappa shape index (κ2) is 10.9. The zero-order valence-corrected chi connectivity index (χ0v) is 20.0. The normalized spacial score (nSPS) is 11.0. The zero-order valence-electron chi connectivity index (χ0n) is 20.0. The van der Waals surface area contributed by atoms with Crippen molar-refractivity contribution >= 4 is 17.6 Å². The number of nitrogens with one attached hydrogen (secondary N) is 1. The molecule has 194 valence electrons. The van der Waals surface area contributed by atoms with Gasteiger partial charge in [0.25, 0.3) is 0 Å². The Morgan fingerprint density at radius 2 is 1.71 bits per heavy atom. The van der Waals surface area contributed by atoms with Crippen molar-refractivity contribution in [2.75, 3.05) is 5.32 Å². The van der Waals surface area contributed by atoms with Gasteiger partial charge in [0.1, 0.15) is 11.6 Å². The van der Waals surface area contributed by atoms with Crippen LogP contribution in [0.15, 0.2) is 73.2 Å². The van der Waals surface area contributed by atoms with Crippen molar-refractivity contribution in [1.82, 2.24) is 39.7 Å². The van der Waals surface area contributed by atoms with Gasteiger partial charge in [0.05, 0.1) is 29.5 Å². The minimum absolute atomic E-state index is 0.518. The third kappa shape index (κ3) is 6.34. The smallest absolute Gasteiger partial charge is 0.475 e. The molecule has 0 saturated heterocycles. The number of rotatable bonds is 5. The number of carboxylic acid groups (broad SMARTS) is 1. The second-order valence-electron chi connectivity index (χ2n) is 7.76. The summed E-state index contributed by atoms with van der Waals surface area (Å²) >= 11 is 0. The molecule has 5 rings (SSSR count). The standard InChI is InChI=1S/C22H19N9.C2HF3O2/c1-15-25-16(2)31(28-15)19-8-6-18(7-9-19)26-22-23-11-10-21(27-22)17-4-3-5-20(14-17)30-13-12-24-29-30;3-2(4,5)1(6)7/h3-14H,1-2H3,(H,23,26,27);(H,6,7). The van der Waals surface area contributed by atoms with E-state index >= 15 is 0 Å². The fourth-order valence-corrected chi connectivity index (χ4v) is 3.31. The molecule has 0 fully saturated rings. The largest absolute Gasteiger partial charge is 0.490 e. The Kier molecular flexibility index (Phi) is 7.41. The van der Waals surface area contributed by atoms with E-state index < -0.39 is 12.1 Å². The summed E-state index contributed by atoms with van der Waals surface area (Å²) < 4.78 is 35.3. The first-order chi connectivity index (χ1) is 18.1. The van der Waals surface area contributed by atoms with Crippen molar-refractivity contribution in [1.29, 1.82) is 0 Å². The maximum Gasteiger partial charge on any atom is 0.490 e. The third-order valence-electron chi connectivity index (χ3n) is 4.97. The maximum atomic E-state index is 10.6. The van der Waals surface area contributed by atoms with Gasteiger partial charge in [-0.25, -0.2) is 29.1 Å². The molecule has 3 aromatic heterocycles. The molecule has 0 amide bonds. The molecule has 0 aliphatic rings. The van der Waals surface area contributed by atoms with Crippen LogP contribution >= 0.6 is 0 Å². The van der Waals surface area contributed by atoms with Crippen LogP contribution in [-0.4, -0.2) is 57.0 Å². The van der Waals surface area contributed by atoms with E-state index in [1.54, 1.807) is 23.3 Å². The van der Waals surface area contributed by atoms with Gasteiger partial charge >= 0.3 is 12.1 Å². The van der Waals surface area contributed by atoms with E-state index in [0.29, 0.717) is 5.95 Å². The first kappa shape index (κ1) is 25.9. The summed E-state index contributed by atoms with van der Waals surface area (Å²) in [7, 11) is 0. The number of carboxylic acids is 1.